The normalized spacial score (nSPS) is 14.7. The highest BCUT2D eigenvalue weighted by molar-refractivity contribution is 7.14. The third kappa shape index (κ3) is 4.22. The van der Waals surface area contributed by atoms with Crippen LogP contribution >= 0.6 is 11.3 Å². The van der Waals surface area contributed by atoms with Crippen LogP contribution in [0.5, 0.6) is 5.75 Å². The minimum absolute atomic E-state index is 0.123. The zero-order valence-electron chi connectivity index (χ0n) is 16.2. The first-order chi connectivity index (χ1) is 14.8. The summed E-state index contributed by atoms with van der Waals surface area (Å²) in [5.41, 5.74) is 0.726. The van der Waals surface area contributed by atoms with Gasteiger partial charge in [0.15, 0.2) is 10.9 Å². The van der Waals surface area contributed by atoms with E-state index in [0.717, 1.165) is 34.4 Å². The topological polar surface area (TPSA) is 59.5 Å². The average Bonchev–Trinajstić information content (AvgIpc) is 3.11. The summed E-state index contributed by atoms with van der Waals surface area (Å²) in [6.07, 6.45) is 1.82. The standard InChI is InChI=1S/C22H15F3N2O3S/c1-12(28)27(19-4-2-15(24)10-18(19)25)22-26-16(11-31-22)8-13-6-7-30-20-5-3-14(23)9-17(20)21(13)29/h2-5,8-11H,6-7H2,1H3/b13-8+. The highest BCUT2D eigenvalue weighted by atomic mass is 32.1. The van der Waals surface area contributed by atoms with E-state index in [4.69, 9.17) is 4.74 Å². The maximum Gasteiger partial charge on any atom is 0.230 e. The van der Waals surface area contributed by atoms with Crippen molar-refractivity contribution in [2.75, 3.05) is 11.5 Å². The number of Topliss-reactive ketones (excluding diaryl/α,β-unsaturated/α-hetero) is 1. The molecule has 0 aliphatic carbocycles. The molecule has 0 atom stereocenters. The summed E-state index contributed by atoms with van der Waals surface area (Å²) in [4.78, 5) is 30.4. The largest absolute Gasteiger partial charge is 0.492 e. The van der Waals surface area contributed by atoms with Crippen LogP contribution in [0.25, 0.3) is 6.08 Å². The number of carbonyl (C=O) groups is 2. The zero-order chi connectivity index (χ0) is 22.1. The van der Waals surface area contributed by atoms with Crippen LogP contribution in [0.1, 0.15) is 29.4 Å². The second-order valence-corrected chi connectivity index (χ2v) is 7.58. The molecule has 3 aromatic rings. The fourth-order valence-electron chi connectivity index (χ4n) is 3.19. The Balaban J connectivity index is 1.68. The maximum absolute atomic E-state index is 14.2. The molecule has 1 aliphatic heterocycles. The van der Waals surface area contributed by atoms with Crippen molar-refractivity contribution in [1.29, 1.82) is 0 Å². The van der Waals surface area contributed by atoms with Crippen LogP contribution in [0.4, 0.5) is 24.0 Å². The van der Waals surface area contributed by atoms with Crippen LogP contribution in [0.3, 0.4) is 0 Å². The number of ketones is 1. The number of anilines is 2. The average molecular weight is 444 g/mol. The molecule has 0 fully saturated rings. The minimum atomic E-state index is -0.903. The molecule has 0 saturated heterocycles. The molecular formula is C22H15F3N2O3S. The number of ether oxygens (including phenoxy) is 1. The van der Waals surface area contributed by atoms with Crippen LogP contribution in [0.2, 0.25) is 0 Å². The van der Waals surface area contributed by atoms with Crippen molar-refractivity contribution in [3.63, 3.8) is 0 Å². The molecular weight excluding hydrogens is 429 g/mol. The lowest BCUT2D eigenvalue weighted by Gasteiger charge is -2.18. The fourth-order valence-corrected chi connectivity index (χ4v) is 4.03. The van der Waals surface area contributed by atoms with Gasteiger partial charge in [-0.1, -0.05) is 0 Å². The molecule has 0 radical (unpaired) electrons. The lowest BCUT2D eigenvalue weighted by atomic mass is 10.0. The fraction of sp³-hybridized carbons (Fsp3) is 0.136. The van der Waals surface area contributed by atoms with Crippen LogP contribution in [0, 0.1) is 17.5 Å². The molecule has 0 spiro atoms. The predicted octanol–water partition coefficient (Wildman–Crippen LogP) is 5.29. The first-order valence-corrected chi connectivity index (χ1v) is 10.1. The van der Waals surface area contributed by atoms with E-state index in [1.807, 2.05) is 0 Å². The number of rotatable bonds is 3. The molecule has 0 saturated carbocycles. The van der Waals surface area contributed by atoms with Gasteiger partial charge < -0.3 is 4.74 Å². The van der Waals surface area contributed by atoms with Crippen LogP contribution in [-0.4, -0.2) is 23.3 Å². The summed E-state index contributed by atoms with van der Waals surface area (Å²) >= 11 is 1.06. The zero-order valence-corrected chi connectivity index (χ0v) is 17.0. The van der Waals surface area contributed by atoms with Crippen LogP contribution in [0.15, 0.2) is 47.4 Å². The van der Waals surface area contributed by atoms with E-state index in [2.05, 4.69) is 4.98 Å². The van der Waals surface area contributed by atoms with Crippen molar-refractivity contribution in [1.82, 2.24) is 4.98 Å². The Morgan fingerprint density at radius 1 is 1.16 bits per heavy atom. The van der Waals surface area contributed by atoms with Crippen molar-refractivity contribution in [3.8, 4) is 5.75 Å². The Labute approximate surface area is 179 Å². The van der Waals surface area contributed by atoms with Gasteiger partial charge in [-0.2, -0.15) is 0 Å². The van der Waals surface area contributed by atoms with Crippen molar-refractivity contribution < 1.29 is 27.5 Å². The monoisotopic (exact) mass is 444 g/mol. The van der Waals surface area contributed by atoms with Gasteiger partial charge in [0.25, 0.3) is 0 Å². The van der Waals surface area contributed by atoms with Crippen molar-refractivity contribution in [3.05, 3.63) is 76.1 Å². The Morgan fingerprint density at radius 2 is 1.90 bits per heavy atom. The summed E-state index contributed by atoms with van der Waals surface area (Å²) in [6, 6.07) is 6.64. The van der Waals surface area contributed by atoms with Crippen LogP contribution < -0.4 is 9.64 Å². The van der Waals surface area contributed by atoms with Gasteiger partial charge in [0.1, 0.15) is 23.2 Å². The first kappa shape index (κ1) is 20.8. The number of fused-ring (bicyclic) bond motifs is 1. The Hall–Kier alpha value is -3.46. The number of carbonyl (C=O) groups excluding carboxylic acids is 2. The highest BCUT2D eigenvalue weighted by Gasteiger charge is 2.24. The number of aromatic nitrogens is 1. The molecule has 9 heteroatoms. The number of nitrogens with zero attached hydrogens (tertiary/aromatic N) is 2. The van der Waals surface area contributed by atoms with E-state index in [-0.39, 0.29) is 35.2 Å². The van der Waals surface area contributed by atoms with Gasteiger partial charge in [0.05, 0.1) is 23.6 Å². The number of halogens is 3. The van der Waals surface area contributed by atoms with Gasteiger partial charge in [-0.25, -0.2) is 18.2 Å². The highest BCUT2D eigenvalue weighted by Crippen LogP contribution is 2.33. The lowest BCUT2D eigenvalue weighted by molar-refractivity contribution is -0.115. The van der Waals surface area contributed by atoms with E-state index in [0.29, 0.717) is 23.1 Å². The molecule has 0 bridgehead atoms. The van der Waals surface area contributed by atoms with Crippen molar-refractivity contribution in [2.24, 2.45) is 0 Å². The molecule has 2 heterocycles. The molecule has 158 valence electrons. The molecule has 1 amide bonds. The van der Waals surface area contributed by atoms with Gasteiger partial charge >= 0.3 is 0 Å². The van der Waals surface area contributed by atoms with E-state index in [1.54, 1.807) is 5.38 Å². The van der Waals surface area contributed by atoms with E-state index >= 15 is 0 Å². The number of benzene rings is 2. The second-order valence-electron chi connectivity index (χ2n) is 6.74. The van der Waals surface area contributed by atoms with E-state index in [9.17, 15) is 22.8 Å². The first-order valence-electron chi connectivity index (χ1n) is 9.22. The summed E-state index contributed by atoms with van der Waals surface area (Å²) in [5, 5.41) is 1.76. The maximum atomic E-state index is 14.2. The lowest BCUT2D eigenvalue weighted by Crippen LogP contribution is -2.23. The van der Waals surface area contributed by atoms with Gasteiger partial charge in [-0.3, -0.25) is 14.5 Å². The van der Waals surface area contributed by atoms with Gasteiger partial charge in [-0.05, 0) is 36.4 Å². The molecule has 1 aliphatic rings. The van der Waals surface area contributed by atoms with E-state index in [1.165, 1.54) is 25.1 Å². The Kier molecular flexibility index (Phi) is 5.60. The molecule has 4 rings (SSSR count). The third-order valence-corrected chi connectivity index (χ3v) is 5.44. The number of hydrogen-bond donors (Lipinski definition) is 0. The van der Waals surface area contributed by atoms with Gasteiger partial charge in [0.2, 0.25) is 5.91 Å². The molecule has 0 unspecified atom stereocenters. The number of amides is 1. The smallest absolute Gasteiger partial charge is 0.230 e. The Bertz CT molecular complexity index is 1220. The Morgan fingerprint density at radius 3 is 2.65 bits per heavy atom. The van der Waals surface area contributed by atoms with Crippen molar-refractivity contribution in [2.45, 2.75) is 13.3 Å². The van der Waals surface area contributed by atoms with Gasteiger partial charge in [-0.15, -0.1) is 11.3 Å². The summed E-state index contributed by atoms with van der Waals surface area (Å²) < 4.78 is 46.6. The third-order valence-electron chi connectivity index (χ3n) is 4.60. The molecule has 2 aromatic carbocycles. The molecule has 0 N–H and O–H groups in total. The van der Waals surface area contributed by atoms with Crippen molar-refractivity contribution >= 4 is 39.9 Å². The quantitative estimate of drug-likeness (QED) is 0.515. The summed E-state index contributed by atoms with van der Waals surface area (Å²) in [5.74, 6) is -2.80. The molecule has 1 aromatic heterocycles. The van der Waals surface area contributed by atoms with Crippen LogP contribution in [-0.2, 0) is 4.79 Å². The number of thiazole rings is 1. The minimum Gasteiger partial charge on any atom is -0.492 e. The number of hydrogen-bond acceptors (Lipinski definition) is 5. The summed E-state index contributed by atoms with van der Waals surface area (Å²) in [6.45, 7) is 1.47. The second kappa shape index (κ2) is 8.35. The SMILES string of the molecule is CC(=O)N(c1nc(/C=C2\CCOc3ccc(F)cc3C2=O)cs1)c1ccc(F)cc1F. The summed E-state index contributed by atoms with van der Waals surface area (Å²) in [7, 11) is 0. The van der Waals surface area contributed by atoms with E-state index < -0.39 is 23.4 Å². The molecule has 5 nitrogen and oxygen atoms in total. The van der Waals surface area contributed by atoms with Gasteiger partial charge in [0, 0.05) is 30.4 Å². The predicted molar refractivity (Wildman–Crippen MR) is 110 cm³/mol. The molecule has 31 heavy (non-hydrogen) atoms.